The van der Waals surface area contributed by atoms with Crippen LogP contribution in [0.15, 0.2) is 4.99 Å². The molecule has 0 saturated heterocycles. The smallest absolute Gasteiger partial charge is 0.205 e. The van der Waals surface area contributed by atoms with Gasteiger partial charge >= 0.3 is 0 Å². The Balaban J connectivity index is 2.25. The molecule has 4 heteroatoms. The van der Waals surface area contributed by atoms with Crippen molar-refractivity contribution >= 4 is 5.96 Å². The highest BCUT2D eigenvalue weighted by atomic mass is 15.3. The van der Waals surface area contributed by atoms with Gasteiger partial charge in [0.1, 0.15) is 0 Å². The summed E-state index contributed by atoms with van der Waals surface area (Å²) in [4.78, 5) is 4.35. The van der Waals surface area contributed by atoms with Gasteiger partial charge in [0.2, 0.25) is 5.96 Å². The molecule has 0 bridgehead atoms. The van der Waals surface area contributed by atoms with E-state index in [1.54, 1.807) is 0 Å². The molecule has 4 N–H and O–H groups in total. The average molecular weight is 198 g/mol. The summed E-state index contributed by atoms with van der Waals surface area (Å²) in [6, 6.07) is 0.492. The van der Waals surface area contributed by atoms with Crippen molar-refractivity contribution in [2.45, 2.75) is 45.6 Å². The van der Waals surface area contributed by atoms with E-state index in [2.05, 4.69) is 29.6 Å². The number of unbranched alkanes of at least 4 members (excludes halogenated alkanes) is 1. The van der Waals surface area contributed by atoms with Crippen molar-refractivity contribution in [3.8, 4) is 0 Å². The Hall–Kier alpha value is -0.770. The molecule has 82 valence electrons. The lowest BCUT2D eigenvalue weighted by Gasteiger charge is -2.15. The second-order valence-corrected chi connectivity index (χ2v) is 4.00. The van der Waals surface area contributed by atoms with Crippen molar-refractivity contribution in [2.24, 2.45) is 16.8 Å². The fourth-order valence-electron chi connectivity index (χ4n) is 1.41. The van der Waals surface area contributed by atoms with E-state index in [4.69, 9.17) is 5.84 Å². The summed E-state index contributed by atoms with van der Waals surface area (Å²) in [6.45, 7) is 5.19. The summed E-state index contributed by atoms with van der Waals surface area (Å²) in [5, 5.41) is 3.30. The molecule has 0 amide bonds. The zero-order valence-corrected chi connectivity index (χ0v) is 9.21. The third kappa shape index (κ3) is 3.96. The van der Waals surface area contributed by atoms with Gasteiger partial charge in [-0.1, -0.05) is 13.3 Å². The zero-order valence-electron chi connectivity index (χ0n) is 9.21. The number of aliphatic imine (C=N–C) groups is 1. The van der Waals surface area contributed by atoms with Crippen LogP contribution in [0.3, 0.4) is 0 Å². The maximum absolute atomic E-state index is 5.38. The summed E-state index contributed by atoms with van der Waals surface area (Å²) < 4.78 is 0. The van der Waals surface area contributed by atoms with Crippen molar-refractivity contribution in [3.05, 3.63) is 0 Å². The lowest BCUT2D eigenvalue weighted by molar-refractivity contribution is 0.574. The molecule has 0 aromatic heterocycles. The van der Waals surface area contributed by atoms with E-state index in [0.29, 0.717) is 6.04 Å². The molecule has 1 unspecified atom stereocenters. The third-order valence-electron chi connectivity index (χ3n) is 2.61. The quantitative estimate of drug-likeness (QED) is 0.203. The molecule has 4 nitrogen and oxygen atoms in total. The Bertz CT molecular complexity index is 187. The van der Waals surface area contributed by atoms with Gasteiger partial charge in [0.15, 0.2) is 0 Å². The fraction of sp³-hybridized carbons (Fsp3) is 0.900. The van der Waals surface area contributed by atoms with Gasteiger partial charge < -0.3 is 5.32 Å². The Kier molecular flexibility index (Phi) is 4.73. The first kappa shape index (κ1) is 11.3. The van der Waals surface area contributed by atoms with Crippen molar-refractivity contribution in [1.29, 1.82) is 0 Å². The van der Waals surface area contributed by atoms with Gasteiger partial charge in [-0.05, 0) is 32.1 Å². The van der Waals surface area contributed by atoms with Crippen molar-refractivity contribution in [2.75, 3.05) is 6.54 Å². The summed E-state index contributed by atoms with van der Waals surface area (Å²) in [5.74, 6) is 6.93. The number of hydrogen-bond acceptors (Lipinski definition) is 2. The molecule has 0 radical (unpaired) electrons. The van der Waals surface area contributed by atoms with Crippen LogP contribution in [0, 0.1) is 5.92 Å². The molecule has 0 heterocycles. The van der Waals surface area contributed by atoms with Crippen LogP contribution in [0.2, 0.25) is 0 Å². The van der Waals surface area contributed by atoms with Crippen LogP contribution in [0.1, 0.15) is 39.5 Å². The summed E-state index contributed by atoms with van der Waals surface area (Å²) in [6.07, 6.45) is 4.95. The van der Waals surface area contributed by atoms with Crippen LogP contribution in [-0.4, -0.2) is 18.5 Å². The van der Waals surface area contributed by atoms with E-state index in [1.807, 2.05) is 0 Å². The molecular formula is C10H22N4. The largest absolute Gasteiger partial charge is 0.353 e. The van der Waals surface area contributed by atoms with E-state index in [-0.39, 0.29) is 0 Å². The predicted molar refractivity (Wildman–Crippen MR) is 59.9 cm³/mol. The summed E-state index contributed by atoms with van der Waals surface area (Å²) >= 11 is 0. The first-order chi connectivity index (χ1) is 6.77. The number of hydrazine groups is 1. The van der Waals surface area contributed by atoms with Crippen molar-refractivity contribution < 1.29 is 0 Å². The van der Waals surface area contributed by atoms with E-state index in [1.165, 1.54) is 19.3 Å². The molecular weight excluding hydrogens is 176 g/mol. The number of nitrogens with two attached hydrogens (primary N) is 1. The summed E-state index contributed by atoms with van der Waals surface area (Å²) in [7, 11) is 0. The van der Waals surface area contributed by atoms with Gasteiger partial charge in [-0.25, -0.2) is 5.84 Å². The number of rotatable bonds is 5. The van der Waals surface area contributed by atoms with Crippen LogP contribution in [-0.2, 0) is 0 Å². The molecule has 14 heavy (non-hydrogen) atoms. The minimum atomic E-state index is 0.492. The predicted octanol–water partition coefficient (Wildman–Crippen LogP) is 0.994. The van der Waals surface area contributed by atoms with Crippen LogP contribution < -0.4 is 16.6 Å². The van der Waals surface area contributed by atoms with Gasteiger partial charge in [0, 0.05) is 12.6 Å². The van der Waals surface area contributed by atoms with Crippen molar-refractivity contribution in [1.82, 2.24) is 10.7 Å². The maximum atomic E-state index is 5.38. The van der Waals surface area contributed by atoms with E-state index in [9.17, 15) is 0 Å². The minimum absolute atomic E-state index is 0.492. The first-order valence-corrected chi connectivity index (χ1v) is 5.55. The normalized spacial score (nSPS) is 19.2. The van der Waals surface area contributed by atoms with Crippen LogP contribution >= 0.6 is 0 Å². The Morgan fingerprint density at radius 3 is 2.79 bits per heavy atom. The van der Waals surface area contributed by atoms with Gasteiger partial charge in [0.25, 0.3) is 0 Å². The number of hydrogen-bond donors (Lipinski definition) is 3. The molecule has 1 rings (SSSR count). The third-order valence-corrected chi connectivity index (χ3v) is 2.61. The SMILES string of the molecule is CCCCN=C(NN)NC(C)C1CC1. The topological polar surface area (TPSA) is 62.4 Å². The van der Waals surface area contributed by atoms with E-state index < -0.39 is 0 Å². The number of guanidine groups is 1. The second-order valence-electron chi connectivity index (χ2n) is 4.00. The monoisotopic (exact) mass is 198 g/mol. The molecule has 0 aliphatic heterocycles. The Labute approximate surface area is 86.3 Å². The van der Waals surface area contributed by atoms with Gasteiger partial charge in [-0.3, -0.25) is 10.4 Å². The van der Waals surface area contributed by atoms with Gasteiger partial charge in [0.05, 0.1) is 0 Å². The maximum Gasteiger partial charge on any atom is 0.205 e. The highest BCUT2D eigenvalue weighted by Gasteiger charge is 2.28. The Morgan fingerprint density at radius 2 is 2.29 bits per heavy atom. The molecule has 1 fully saturated rings. The van der Waals surface area contributed by atoms with Gasteiger partial charge in [-0.15, -0.1) is 0 Å². The average Bonchev–Trinajstić information content (AvgIpc) is 2.99. The van der Waals surface area contributed by atoms with Gasteiger partial charge in [-0.2, -0.15) is 0 Å². The summed E-state index contributed by atoms with van der Waals surface area (Å²) in [5.41, 5.74) is 2.61. The molecule has 1 saturated carbocycles. The molecule has 1 aliphatic carbocycles. The van der Waals surface area contributed by atoms with Crippen LogP contribution in [0.5, 0.6) is 0 Å². The molecule has 0 aromatic rings. The highest BCUT2D eigenvalue weighted by molar-refractivity contribution is 5.79. The Morgan fingerprint density at radius 1 is 1.57 bits per heavy atom. The zero-order chi connectivity index (χ0) is 10.4. The van der Waals surface area contributed by atoms with Crippen molar-refractivity contribution in [3.63, 3.8) is 0 Å². The fourth-order valence-corrected chi connectivity index (χ4v) is 1.41. The second kappa shape index (κ2) is 5.86. The standard InChI is InChI=1S/C10H22N4/c1-3-4-7-12-10(14-11)13-8(2)9-5-6-9/h8-9H,3-7,11H2,1-2H3,(H2,12,13,14). The number of nitrogens with one attached hydrogen (secondary N) is 2. The lowest BCUT2D eigenvalue weighted by Crippen LogP contribution is -2.46. The lowest BCUT2D eigenvalue weighted by atomic mass is 10.2. The van der Waals surface area contributed by atoms with E-state index >= 15 is 0 Å². The number of nitrogens with zero attached hydrogens (tertiary/aromatic N) is 1. The molecule has 0 spiro atoms. The minimum Gasteiger partial charge on any atom is -0.353 e. The van der Waals surface area contributed by atoms with Crippen LogP contribution in [0.4, 0.5) is 0 Å². The van der Waals surface area contributed by atoms with Crippen LogP contribution in [0.25, 0.3) is 0 Å². The molecule has 1 atom stereocenters. The van der Waals surface area contributed by atoms with E-state index in [0.717, 1.165) is 24.8 Å². The first-order valence-electron chi connectivity index (χ1n) is 5.55. The molecule has 1 aliphatic rings. The highest BCUT2D eigenvalue weighted by Crippen LogP contribution is 2.32. The molecule has 0 aromatic carbocycles.